The molecule has 3 unspecified atom stereocenters. The second kappa shape index (κ2) is 7.10. The number of Topliss-reactive ketones (excluding diaryl/α,β-unsaturated/α-hetero) is 2. The molecule has 0 saturated heterocycles. The highest BCUT2D eigenvalue weighted by molar-refractivity contribution is 6.19. The Morgan fingerprint density at radius 3 is 2.39 bits per heavy atom. The number of aromatic hydroxyl groups is 1. The lowest BCUT2D eigenvalue weighted by Crippen LogP contribution is -2.43. The minimum atomic E-state index is -1.56. The van der Waals surface area contributed by atoms with Gasteiger partial charge >= 0.3 is 5.97 Å². The van der Waals surface area contributed by atoms with Crippen LogP contribution in [0.4, 0.5) is 0 Å². The Morgan fingerprint density at radius 2 is 1.75 bits per heavy atom. The molecule has 1 aromatic carbocycles. The summed E-state index contributed by atoms with van der Waals surface area (Å²) in [4.78, 5) is 36.4. The lowest BCUT2D eigenvalue weighted by Gasteiger charge is -2.40. The predicted molar refractivity (Wildman–Crippen MR) is 99.8 cm³/mol. The highest BCUT2D eigenvalue weighted by atomic mass is 16.4. The number of benzene rings is 1. The monoisotopic (exact) mass is 396 g/mol. The van der Waals surface area contributed by atoms with E-state index in [1.54, 1.807) is 12.1 Å². The molecule has 154 valence electrons. The fraction of sp³-hybridized carbons (Fsp3) is 0.316. The number of allylic oxidation sites excluding steroid dienone is 2. The molecule has 0 heterocycles. The van der Waals surface area contributed by atoms with Crippen LogP contribution >= 0.6 is 0 Å². The molecule has 0 radical (unpaired) electrons. The SMILES string of the molecule is O.O.O=C(O)C1=C(O)C2C(=O)C3=C(O)c4c(O)cccc4CC3CC2CC1=O.[HH].[HH]. The molecule has 1 aromatic rings. The Hall–Kier alpha value is -3.17. The number of aliphatic hydroxyl groups is 2. The quantitative estimate of drug-likeness (QED) is 0.502. The number of fused-ring (bicyclic) bond motifs is 3. The van der Waals surface area contributed by atoms with E-state index in [1.165, 1.54) is 6.07 Å². The van der Waals surface area contributed by atoms with E-state index >= 15 is 0 Å². The lowest BCUT2D eigenvalue weighted by atomic mass is 9.62. The Labute approximate surface area is 161 Å². The molecule has 0 amide bonds. The molecule has 3 atom stereocenters. The van der Waals surface area contributed by atoms with Gasteiger partial charge in [0.2, 0.25) is 0 Å². The van der Waals surface area contributed by atoms with Gasteiger partial charge in [0.15, 0.2) is 11.6 Å². The zero-order valence-corrected chi connectivity index (χ0v) is 14.6. The van der Waals surface area contributed by atoms with Crippen LogP contribution in [0.3, 0.4) is 0 Å². The van der Waals surface area contributed by atoms with Gasteiger partial charge in [0.05, 0.1) is 11.5 Å². The largest absolute Gasteiger partial charge is 0.510 e. The summed E-state index contributed by atoms with van der Waals surface area (Å²) in [5.74, 6) is -6.04. The number of carbonyl (C=O) groups excluding carboxylic acids is 2. The highest BCUT2D eigenvalue weighted by Gasteiger charge is 2.50. The minimum absolute atomic E-state index is 0. The molecule has 4 rings (SSSR count). The van der Waals surface area contributed by atoms with Crippen LogP contribution in [0.5, 0.6) is 5.75 Å². The third-order valence-electron chi connectivity index (χ3n) is 5.59. The summed E-state index contributed by atoms with van der Waals surface area (Å²) in [7, 11) is 0. The molecule has 1 saturated carbocycles. The van der Waals surface area contributed by atoms with Crippen LogP contribution in [0.1, 0.15) is 26.8 Å². The number of aliphatic carboxylic acids is 1. The van der Waals surface area contributed by atoms with Gasteiger partial charge in [0, 0.05) is 14.8 Å². The topological polar surface area (TPSA) is 195 Å². The van der Waals surface area contributed by atoms with Gasteiger partial charge in [-0.3, -0.25) is 9.59 Å². The molecule has 1 fully saturated rings. The molecule has 0 bridgehead atoms. The van der Waals surface area contributed by atoms with E-state index in [4.69, 9.17) is 5.11 Å². The summed E-state index contributed by atoms with van der Waals surface area (Å²) in [6.07, 6.45) is 0.662. The van der Waals surface area contributed by atoms with Crippen LogP contribution in [0, 0.1) is 17.8 Å². The van der Waals surface area contributed by atoms with E-state index < -0.39 is 40.7 Å². The van der Waals surface area contributed by atoms with E-state index in [2.05, 4.69) is 0 Å². The van der Waals surface area contributed by atoms with Crippen molar-refractivity contribution in [3.63, 3.8) is 0 Å². The highest BCUT2D eigenvalue weighted by Crippen LogP contribution is 2.49. The van der Waals surface area contributed by atoms with Crippen molar-refractivity contribution >= 4 is 23.3 Å². The van der Waals surface area contributed by atoms with E-state index in [1.807, 2.05) is 0 Å². The van der Waals surface area contributed by atoms with Crippen molar-refractivity contribution in [1.82, 2.24) is 0 Å². The van der Waals surface area contributed by atoms with Gasteiger partial charge in [-0.1, -0.05) is 12.1 Å². The van der Waals surface area contributed by atoms with Crippen LogP contribution in [-0.4, -0.2) is 48.9 Å². The van der Waals surface area contributed by atoms with Gasteiger partial charge in [-0.05, 0) is 36.3 Å². The molecule has 0 aliphatic heterocycles. The van der Waals surface area contributed by atoms with Gasteiger partial charge in [-0.25, -0.2) is 4.79 Å². The first-order valence-corrected chi connectivity index (χ1v) is 8.29. The number of hydrogen-bond donors (Lipinski definition) is 4. The van der Waals surface area contributed by atoms with Gasteiger partial charge in [-0.15, -0.1) is 0 Å². The molecule has 28 heavy (non-hydrogen) atoms. The number of carboxylic acid groups (broad SMARTS) is 1. The van der Waals surface area contributed by atoms with Crippen LogP contribution in [-0.2, 0) is 20.8 Å². The van der Waals surface area contributed by atoms with Crippen LogP contribution < -0.4 is 0 Å². The number of rotatable bonds is 1. The maximum atomic E-state index is 13.0. The van der Waals surface area contributed by atoms with E-state index in [0.29, 0.717) is 18.4 Å². The molecule has 3 aliphatic carbocycles. The second-order valence-corrected chi connectivity index (χ2v) is 7.00. The number of phenolic OH excluding ortho intramolecular Hbond substituents is 1. The Balaban J connectivity index is 0.00000210. The van der Waals surface area contributed by atoms with Crippen molar-refractivity contribution in [2.75, 3.05) is 0 Å². The molecular weight excluding hydrogens is 372 g/mol. The molecular formula is C19H24O9. The first-order valence-electron chi connectivity index (χ1n) is 8.29. The molecule has 9 heteroatoms. The number of carboxylic acids is 1. The maximum absolute atomic E-state index is 13.0. The van der Waals surface area contributed by atoms with Crippen LogP contribution in [0.2, 0.25) is 0 Å². The van der Waals surface area contributed by atoms with Gasteiger partial charge in [0.25, 0.3) is 0 Å². The van der Waals surface area contributed by atoms with Crippen molar-refractivity contribution in [3.05, 3.63) is 46.2 Å². The Morgan fingerprint density at radius 1 is 1.07 bits per heavy atom. The number of aliphatic hydroxyl groups excluding tert-OH is 2. The number of phenols is 1. The standard InChI is InChI=1S/C19H16O7.2H2O.2H2/c20-10-3-1-2-7-4-8-5-9-6-11(21)15(19(25)26)18(24)14(9)17(23)13(8)16(22)12(7)10;;;;/h1-3,8-9,14,20,22,24H,4-6H2,(H,25,26);2*1H2;2*1H. The molecule has 0 aromatic heterocycles. The fourth-order valence-corrected chi connectivity index (χ4v) is 4.54. The smallest absolute Gasteiger partial charge is 0.342 e. The first kappa shape index (κ1) is 21.1. The molecule has 9 nitrogen and oxygen atoms in total. The molecule has 8 N–H and O–H groups in total. The second-order valence-electron chi connectivity index (χ2n) is 7.00. The Kier molecular flexibility index (Phi) is 5.36. The van der Waals surface area contributed by atoms with Gasteiger partial charge in [-0.2, -0.15) is 0 Å². The fourth-order valence-electron chi connectivity index (χ4n) is 4.54. The van der Waals surface area contributed by atoms with Gasteiger partial charge < -0.3 is 31.4 Å². The van der Waals surface area contributed by atoms with Crippen molar-refractivity contribution in [2.45, 2.75) is 19.3 Å². The zero-order chi connectivity index (χ0) is 18.7. The van der Waals surface area contributed by atoms with Crippen LogP contribution in [0.25, 0.3) is 5.76 Å². The van der Waals surface area contributed by atoms with Crippen LogP contribution in [0.15, 0.2) is 35.1 Å². The minimum Gasteiger partial charge on any atom is -0.510 e. The third-order valence-corrected chi connectivity index (χ3v) is 5.59. The average molecular weight is 396 g/mol. The summed E-state index contributed by atoms with van der Waals surface area (Å²) in [5.41, 5.74) is 0.234. The average Bonchev–Trinajstić information content (AvgIpc) is 2.53. The summed E-state index contributed by atoms with van der Waals surface area (Å²) >= 11 is 0. The first-order chi connectivity index (χ1) is 12.3. The predicted octanol–water partition coefficient (Wildman–Crippen LogP) is 0.751. The van der Waals surface area contributed by atoms with E-state index in [9.17, 15) is 29.7 Å². The van der Waals surface area contributed by atoms with E-state index in [0.717, 1.165) is 0 Å². The third kappa shape index (κ3) is 2.76. The van der Waals surface area contributed by atoms with Crippen molar-refractivity contribution in [3.8, 4) is 5.75 Å². The van der Waals surface area contributed by atoms with Gasteiger partial charge in [0.1, 0.15) is 22.8 Å². The maximum Gasteiger partial charge on any atom is 0.342 e. The summed E-state index contributed by atoms with van der Waals surface area (Å²) in [5, 5.41) is 40.1. The lowest BCUT2D eigenvalue weighted by molar-refractivity contribution is -0.136. The van der Waals surface area contributed by atoms with E-state index in [-0.39, 0.29) is 48.8 Å². The van der Waals surface area contributed by atoms with Crippen molar-refractivity contribution < 1.29 is 48.6 Å². The van der Waals surface area contributed by atoms with Crippen molar-refractivity contribution in [1.29, 1.82) is 0 Å². The number of carbonyl (C=O) groups is 3. The Bertz CT molecular complexity index is 951. The molecule has 3 aliphatic rings. The normalized spacial score (nSPS) is 25.8. The number of hydrogen-bond acceptors (Lipinski definition) is 6. The zero-order valence-electron chi connectivity index (χ0n) is 14.6. The summed E-state index contributed by atoms with van der Waals surface area (Å²) in [6, 6.07) is 4.81. The van der Waals surface area contributed by atoms with Crippen molar-refractivity contribution in [2.24, 2.45) is 17.8 Å². The summed E-state index contributed by atoms with van der Waals surface area (Å²) < 4.78 is 0. The molecule has 0 spiro atoms. The number of ketones is 2. The summed E-state index contributed by atoms with van der Waals surface area (Å²) in [6.45, 7) is 0.